The molecule has 0 radical (unpaired) electrons. The predicted molar refractivity (Wildman–Crippen MR) is 121 cm³/mol. The third-order valence-corrected chi connectivity index (χ3v) is 6.95. The number of aliphatic hydroxyl groups excluding tert-OH is 2. The van der Waals surface area contributed by atoms with Gasteiger partial charge in [-0.15, -0.1) is 10.2 Å². The smallest absolute Gasteiger partial charge is 0.195 e. The first kappa shape index (κ1) is 26.6. The molecule has 5 rings (SSSR count). The molecule has 0 saturated carbocycles. The lowest BCUT2D eigenvalue weighted by Crippen LogP contribution is -2.57. The van der Waals surface area contributed by atoms with E-state index in [1.54, 1.807) is 18.0 Å². The first-order chi connectivity index (χ1) is 18.3. The molecule has 4 heterocycles. The summed E-state index contributed by atoms with van der Waals surface area (Å²) in [5.74, 6) is -4.38. The van der Waals surface area contributed by atoms with Crippen molar-refractivity contribution in [2.24, 2.45) is 0 Å². The number of methoxy groups -OCH3 is 2. The normalized spacial score (nSPS) is 26.9. The molecular weight excluding hydrogens is 513 g/mol. The Hall–Kier alpha value is -2.95. The minimum atomic E-state index is -1.63. The minimum absolute atomic E-state index is 0.0823. The van der Waals surface area contributed by atoms with Crippen LogP contribution in [0.25, 0.3) is 11.3 Å². The van der Waals surface area contributed by atoms with Crippen LogP contribution in [0.3, 0.4) is 0 Å². The van der Waals surface area contributed by atoms with Gasteiger partial charge in [-0.05, 0) is 12.1 Å². The number of halogens is 3. The van der Waals surface area contributed by atoms with E-state index in [-0.39, 0.29) is 17.7 Å². The SMILES string of the molecule is COCC1(n2cc(C[C@H]3O[C@H](CO)[C@H](O)[C@H](n4cc(-c5ccc(F)c(F)c5F)nn4)[C@H]3OC)nn2)COC1. The molecule has 2 aliphatic rings. The van der Waals surface area contributed by atoms with Gasteiger partial charge in [0.15, 0.2) is 17.5 Å². The highest BCUT2D eigenvalue weighted by Crippen LogP contribution is 2.35. The van der Waals surface area contributed by atoms with E-state index in [9.17, 15) is 23.4 Å². The lowest BCUT2D eigenvalue weighted by atomic mass is 9.90. The third-order valence-electron chi connectivity index (χ3n) is 6.95. The number of benzene rings is 1. The summed E-state index contributed by atoms with van der Waals surface area (Å²) in [6, 6.07) is 0.897. The van der Waals surface area contributed by atoms with E-state index < -0.39 is 60.1 Å². The van der Waals surface area contributed by atoms with Crippen molar-refractivity contribution in [2.45, 2.75) is 42.4 Å². The highest BCUT2D eigenvalue weighted by molar-refractivity contribution is 5.58. The summed E-state index contributed by atoms with van der Waals surface area (Å²) in [5.41, 5.74) is -0.273. The molecule has 1 aromatic carbocycles. The Kier molecular flexibility index (Phi) is 7.48. The van der Waals surface area contributed by atoms with Crippen LogP contribution < -0.4 is 0 Å². The number of aliphatic hydroxyl groups is 2. The number of nitrogens with zero attached hydrogens (tertiary/aromatic N) is 6. The van der Waals surface area contributed by atoms with Crippen molar-refractivity contribution in [1.29, 1.82) is 0 Å². The topological polar surface area (TPSA) is 139 Å². The van der Waals surface area contributed by atoms with Gasteiger partial charge in [-0.3, -0.25) is 0 Å². The van der Waals surface area contributed by atoms with Gasteiger partial charge in [0.1, 0.15) is 35.6 Å². The largest absolute Gasteiger partial charge is 0.394 e. The number of hydrogen-bond donors (Lipinski definition) is 2. The Morgan fingerprint density at radius 3 is 2.53 bits per heavy atom. The fraction of sp³-hybridized carbons (Fsp3) is 0.565. The van der Waals surface area contributed by atoms with Gasteiger partial charge in [0.05, 0.1) is 44.4 Å². The number of hydrogen-bond acceptors (Lipinski definition) is 10. The summed E-state index contributed by atoms with van der Waals surface area (Å²) in [7, 11) is 3.01. The van der Waals surface area contributed by atoms with Crippen LogP contribution in [0.15, 0.2) is 24.5 Å². The zero-order valence-corrected chi connectivity index (χ0v) is 20.6. The van der Waals surface area contributed by atoms with Gasteiger partial charge >= 0.3 is 0 Å². The van der Waals surface area contributed by atoms with E-state index in [1.165, 1.54) is 18.0 Å². The van der Waals surface area contributed by atoms with Gasteiger partial charge < -0.3 is 29.2 Å². The Bertz CT molecular complexity index is 1270. The van der Waals surface area contributed by atoms with Crippen molar-refractivity contribution >= 4 is 0 Å². The maximum atomic E-state index is 14.4. The van der Waals surface area contributed by atoms with Crippen LogP contribution in [0.5, 0.6) is 0 Å². The van der Waals surface area contributed by atoms with Crippen LogP contribution >= 0.6 is 0 Å². The summed E-state index contributed by atoms with van der Waals surface area (Å²) in [6.45, 7) is 0.742. The summed E-state index contributed by atoms with van der Waals surface area (Å²) < 4.78 is 66.8. The fourth-order valence-electron chi connectivity index (χ4n) is 4.92. The van der Waals surface area contributed by atoms with Gasteiger partial charge in [0.25, 0.3) is 0 Å². The van der Waals surface area contributed by atoms with E-state index >= 15 is 0 Å². The molecule has 12 nitrogen and oxygen atoms in total. The number of ether oxygens (including phenoxy) is 4. The second-order valence-electron chi connectivity index (χ2n) is 9.39. The summed E-state index contributed by atoms with van der Waals surface area (Å²) in [5, 5.41) is 37.2. The van der Waals surface area contributed by atoms with E-state index in [1.807, 2.05) is 0 Å². The van der Waals surface area contributed by atoms with Gasteiger partial charge in [-0.25, -0.2) is 22.5 Å². The Morgan fingerprint density at radius 1 is 1.08 bits per heavy atom. The maximum absolute atomic E-state index is 14.4. The molecule has 206 valence electrons. The quantitative estimate of drug-likeness (QED) is 0.363. The lowest BCUT2D eigenvalue weighted by molar-refractivity contribution is -0.212. The van der Waals surface area contributed by atoms with Gasteiger partial charge in [-0.2, -0.15) is 0 Å². The molecule has 2 N–H and O–H groups in total. The monoisotopic (exact) mass is 540 g/mol. The molecule has 0 aliphatic carbocycles. The van der Waals surface area contributed by atoms with Gasteiger partial charge in [0.2, 0.25) is 0 Å². The molecule has 2 saturated heterocycles. The molecule has 2 aromatic heterocycles. The van der Waals surface area contributed by atoms with Crippen LogP contribution in [0.4, 0.5) is 13.2 Å². The van der Waals surface area contributed by atoms with Crippen LogP contribution in [0, 0.1) is 17.5 Å². The lowest BCUT2D eigenvalue weighted by Gasteiger charge is -2.43. The van der Waals surface area contributed by atoms with E-state index in [0.717, 1.165) is 12.1 Å². The summed E-state index contributed by atoms with van der Waals surface area (Å²) in [6.07, 6.45) is -0.584. The molecule has 2 aliphatic heterocycles. The minimum Gasteiger partial charge on any atom is -0.394 e. The Morgan fingerprint density at radius 2 is 1.87 bits per heavy atom. The molecule has 2 fully saturated rings. The van der Waals surface area contributed by atoms with Crippen molar-refractivity contribution in [3.63, 3.8) is 0 Å². The van der Waals surface area contributed by atoms with Gasteiger partial charge in [-0.1, -0.05) is 10.4 Å². The van der Waals surface area contributed by atoms with Crippen LogP contribution in [-0.2, 0) is 30.9 Å². The number of aromatic nitrogens is 6. The highest BCUT2D eigenvalue weighted by Gasteiger charge is 2.48. The second-order valence-corrected chi connectivity index (χ2v) is 9.39. The first-order valence-corrected chi connectivity index (χ1v) is 11.8. The standard InChI is InChI=1S/C23H27F3N6O6/c1-35-9-23(10-37-11-23)32-6-12(27-30-32)5-16-22(36-2)20(21(34)17(8-33)38-16)31-7-15(28-29-31)13-3-4-14(24)19(26)18(13)25/h3-4,6-7,16-17,20-22,33-34H,5,8-11H2,1-2H3/t16-,17-,20+,21+,22+/m1/s1. The van der Waals surface area contributed by atoms with Crippen molar-refractivity contribution in [2.75, 3.05) is 40.6 Å². The molecule has 15 heteroatoms. The summed E-state index contributed by atoms with van der Waals surface area (Å²) >= 11 is 0. The Labute approximate surface area is 214 Å². The molecule has 0 amide bonds. The zero-order chi connectivity index (χ0) is 27.0. The number of rotatable bonds is 9. The average Bonchev–Trinajstić information content (AvgIpc) is 3.55. The van der Waals surface area contributed by atoms with Crippen molar-refractivity contribution in [3.05, 3.63) is 47.7 Å². The van der Waals surface area contributed by atoms with Crippen LogP contribution in [0.2, 0.25) is 0 Å². The van der Waals surface area contributed by atoms with Crippen molar-refractivity contribution in [1.82, 2.24) is 30.0 Å². The average molecular weight is 540 g/mol. The highest BCUT2D eigenvalue weighted by atomic mass is 19.2. The molecule has 3 aromatic rings. The molecule has 0 spiro atoms. The van der Waals surface area contributed by atoms with Gasteiger partial charge in [0, 0.05) is 32.4 Å². The molecular formula is C23H27F3N6O6. The van der Waals surface area contributed by atoms with E-state index in [0.29, 0.717) is 25.5 Å². The first-order valence-electron chi connectivity index (χ1n) is 11.8. The van der Waals surface area contributed by atoms with Crippen LogP contribution in [0.1, 0.15) is 11.7 Å². The van der Waals surface area contributed by atoms with E-state index in [4.69, 9.17) is 18.9 Å². The maximum Gasteiger partial charge on any atom is 0.195 e. The van der Waals surface area contributed by atoms with E-state index in [2.05, 4.69) is 20.6 Å². The molecule has 0 bridgehead atoms. The van der Waals surface area contributed by atoms with Crippen LogP contribution in [-0.4, -0.2) is 105 Å². The molecule has 38 heavy (non-hydrogen) atoms. The van der Waals surface area contributed by atoms with Crippen molar-refractivity contribution < 1.29 is 42.3 Å². The third kappa shape index (κ3) is 4.58. The zero-order valence-electron chi connectivity index (χ0n) is 20.6. The molecule has 0 unspecified atom stereocenters. The predicted octanol–water partition coefficient (Wildman–Crippen LogP) is 0.245. The summed E-state index contributed by atoms with van der Waals surface area (Å²) in [4.78, 5) is 0. The fourth-order valence-corrected chi connectivity index (χ4v) is 4.92. The Balaban J connectivity index is 1.42. The second kappa shape index (κ2) is 10.7. The van der Waals surface area contributed by atoms with Crippen molar-refractivity contribution in [3.8, 4) is 11.3 Å². The molecule has 5 atom stereocenters.